The van der Waals surface area contributed by atoms with Crippen molar-refractivity contribution < 1.29 is 19.4 Å². The summed E-state index contributed by atoms with van der Waals surface area (Å²) in [6.07, 6.45) is -0.146. The molecule has 0 saturated carbocycles. The molecule has 0 aromatic heterocycles. The Bertz CT molecular complexity index is 596. The average Bonchev–Trinajstić information content (AvgIpc) is 2.45. The summed E-state index contributed by atoms with van der Waals surface area (Å²) in [4.78, 5) is 23.4. The Morgan fingerprint density at radius 1 is 1.30 bits per heavy atom. The van der Waals surface area contributed by atoms with Crippen molar-refractivity contribution in [1.82, 2.24) is 5.32 Å². The van der Waals surface area contributed by atoms with Crippen LogP contribution in [0.1, 0.15) is 27.2 Å². The summed E-state index contributed by atoms with van der Waals surface area (Å²) in [5.41, 5.74) is 0.00590. The van der Waals surface area contributed by atoms with Gasteiger partial charge in [-0.1, -0.05) is 32.9 Å². The van der Waals surface area contributed by atoms with Crippen LogP contribution in [0.2, 0.25) is 0 Å². The highest BCUT2D eigenvalue weighted by Gasteiger charge is 2.28. The molecule has 0 aliphatic carbocycles. The molecule has 6 nitrogen and oxygen atoms in total. The number of ether oxygens (including phenoxy) is 1. The van der Waals surface area contributed by atoms with Gasteiger partial charge >= 0.3 is 5.97 Å². The monoisotopic (exact) mass is 338 g/mol. The highest BCUT2D eigenvalue weighted by molar-refractivity contribution is 7.80. The summed E-state index contributed by atoms with van der Waals surface area (Å²) >= 11 is 5.13. The second kappa shape index (κ2) is 7.92. The Labute approximate surface area is 141 Å². The van der Waals surface area contributed by atoms with Gasteiger partial charge in [0.2, 0.25) is 0 Å². The van der Waals surface area contributed by atoms with Crippen LogP contribution in [0.3, 0.4) is 0 Å². The van der Waals surface area contributed by atoms with E-state index in [-0.39, 0.29) is 17.3 Å². The lowest BCUT2D eigenvalue weighted by molar-refractivity contribution is -0.141. The number of carboxylic acid groups (broad SMARTS) is 1. The normalized spacial score (nSPS) is 12.2. The zero-order chi connectivity index (χ0) is 17.6. The quantitative estimate of drug-likeness (QED) is 0.687. The maximum atomic E-state index is 12.0. The topological polar surface area (TPSA) is 87.7 Å². The van der Waals surface area contributed by atoms with Crippen LogP contribution >= 0.6 is 12.2 Å². The van der Waals surface area contributed by atoms with Gasteiger partial charge in [0.25, 0.3) is 0 Å². The summed E-state index contributed by atoms with van der Waals surface area (Å²) < 4.78 is 5.19. The van der Waals surface area contributed by atoms with Gasteiger partial charge in [-0.2, -0.15) is 0 Å². The van der Waals surface area contributed by atoms with Gasteiger partial charge in [-0.3, -0.25) is 4.79 Å². The van der Waals surface area contributed by atoms with Crippen molar-refractivity contribution in [3.8, 4) is 5.75 Å². The largest absolute Gasteiger partial charge is 0.495 e. The van der Waals surface area contributed by atoms with Crippen LogP contribution in [0.4, 0.5) is 5.69 Å². The molecule has 0 aliphatic heterocycles. The molecule has 7 heteroatoms. The lowest BCUT2D eigenvalue weighted by atomic mass is 9.87. The van der Waals surface area contributed by atoms with E-state index in [2.05, 4.69) is 10.6 Å². The first-order valence-electron chi connectivity index (χ1n) is 7.11. The number of ketones is 1. The molecule has 3 N–H and O–H groups in total. The maximum absolute atomic E-state index is 12.0. The van der Waals surface area contributed by atoms with Gasteiger partial charge in [-0.05, 0) is 24.4 Å². The highest BCUT2D eigenvalue weighted by Crippen LogP contribution is 2.23. The Morgan fingerprint density at radius 3 is 2.43 bits per heavy atom. The predicted octanol–water partition coefficient (Wildman–Crippen LogP) is 2.44. The smallest absolute Gasteiger partial charge is 0.326 e. The molecule has 1 aromatic rings. The molecule has 1 rings (SSSR count). The van der Waals surface area contributed by atoms with Crippen molar-refractivity contribution in [3.63, 3.8) is 0 Å². The molecular formula is C16H22N2O4S. The third kappa shape index (κ3) is 5.86. The summed E-state index contributed by atoms with van der Waals surface area (Å²) in [7, 11) is 1.53. The fraction of sp³-hybridized carbons (Fsp3) is 0.438. The van der Waals surface area contributed by atoms with Crippen LogP contribution in [0.25, 0.3) is 0 Å². The Hall–Kier alpha value is -2.15. The number of benzene rings is 1. The molecule has 23 heavy (non-hydrogen) atoms. The number of para-hydroxylation sites is 2. The molecule has 0 bridgehead atoms. The van der Waals surface area contributed by atoms with Gasteiger partial charge in [0, 0.05) is 11.8 Å². The fourth-order valence-corrected chi connectivity index (χ4v) is 2.01. The standard InChI is InChI=1S/C16H22N2O4S/c1-16(2,3)13(19)9-11(14(20)21)18-15(23)17-10-7-5-6-8-12(10)22-4/h5-8,11H,9H2,1-4H3,(H,20,21)(H2,17,18,23). The average molecular weight is 338 g/mol. The van der Waals surface area contributed by atoms with Crippen LogP contribution in [0.5, 0.6) is 5.75 Å². The van der Waals surface area contributed by atoms with Crippen LogP contribution < -0.4 is 15.4 Å². The first-order valence-corrected chi connectivity index (χ1v) is 7.52. The minimum atomic E-state index is -1.13. The maximum Gasteiger partial charge on any atom is 0.326 e. The zero-order valence-electron chi connectivity index (χ0n) is 13.7. The molecular weight excluding hydrogens is 316 g/mol. The van der Waals surface area contributed by atoms with E-state index < -0.39 is 17.4 Å². The number of thiocarbonyl (C=S) groups is 1. The van der Waals surface area contributed by atoms with Crippen molar-refractivity contribution in [3.05, 3.63) is 24.3 Å². The van der Waals surface area contributed by atoms with E-state index >= 15 is 0 Å². The second-order valence-corrected chi connectivity index (χ2v) is 6.48. The van der Waals surface area contributed by atoms with Gasteiger partial charge in [-0.25, -0.2) is 4.79 Å². The van der Waals surface area contributed by atoms with Crippen molar-refractivity contribution in [2.45, 2.75) is 33.2 Å². The predicted molar refractivity (Wildman–Crippen MR) is 92.9 cm³/mol. The van der Waals surface area contributed by atoms with E-state index in [9.17, 15) is 14.7 Å². The SMILES string of the molecule is COc1ccccc1NC(=S)NC(CC(=O)C(C)(C)C)C(=O)O. The van der Waals surface area contributed by atoms with Gasteiger partial charge in [0.15, 0.2) is 5.11 Å². The summed E-state index contributed by atoms with van der Waals surface area (Å²) in [5.74, 6) is -0.710. The van der Waals surface area contributed by atoms with Crippen molar-refractivity contribution >= 4 is 34.8 Å². The van der Waals surface area contributed by atoms with E-state index in [1.165, 1.54) is 7.11 Å². The summed E-state index contributed by atoms with van der Waals surface area (Å²) in [6.45, 7) is 5.25. The molecule has 0 saturated heterocycles. The number of carboxylic acids is 1. The van der Waals surface area contributed by atoms with E-state index in [1.807, 2.05) is 6.07 Å². The number of aliphatic carboxylic acids is 1. The number of anilines is 1. The van der Waals surface area contributed by atoms with Crippen LogP contribution in [0.15, 0.2) is 24.3 Å². The molecule has 1 aromatic carbocycles. The fourth-order valence-electron chi connectivity index (χ4n) is 1.76. The van der Waals surface area contributed by atoms with Crippen molar-refractivity contribution in [2.24, 2.45) is 5.41 Å². The Balaban J connectivity index is 2.75. The molecule has 0 amide bonds. The lowest BCUT2D eigenvalue weighted by Gasteiger charge is -2.22. The van der Waals surface area contributed by atoms with E-state index in [4.69, 9.17) is 17.0 Å². The molecule has 0 heterocycles. The van der Waals surface area contributed by atoms with Gasteiger partial charge in [0.1, 0.15) is 17.6 Å². The molecule has 0 aliphatic rings. The van der Waals surface area contributed by atoms with Gasteiger partial charge in [-0.15, -0.1) is 0 Å². The van der Waals surface area contributed by atoms with Gasteiger partial charge in [0.05, 0.1) is 12.8 Å². The number of rotatable bonds is 6. The van der Waals surface area contributed by atoms with E-state index in [1.54, 1.807) is 39.0 Å². The third-order valence-electron chi connectivity index (χ3n) is 3.18. The highest BCUT2D eigenvalue weighted by atomic mass is 32.1. The van der Waals surface area contributed by atoms with Crippen molar-refractivity contribution in [2.75, 3.05) is 12.4 Å². The lowest BCUT2D eigenvalue weighted by Crippen LogP contribution is -2.45. The van der Waals surface area contributed by atoms with E-state index in [0.29, 0.717) is 11.4 Å². The Kier molecular flexibility index (Phi) is 6.50. The van der Waals surface area contributed by atoms with E-state index in [0.717, 1.165) is 0 Å². The minimum absolute atomic E-state index is 0.114. The second-order valence-electron chi connectivity index (χ2n) is 6.07. The third-order valence-corrected chi connectivity index (χ3v) is 3.40. The minimum Gasteiger partial charge on any atom is -0.495 e. The number of hydrogen-bond acceptors (Lipinski definition) is 4. The van der Waals surface area contributed by atoms with Crippen LogP contribution in [-0.4, -0.2) is 35.1 Å². The summed E-state index contributed by atoms with van der Waals surface area (Å²) in [6, 6.07) is 6.02. The molecule has 126 valence electrons. The zero-order valence-corrected chi connectivity index (χ0v) is 14.5. The summed E-state index contributed by atoms with van der Waals surface area (Å²) in [5, 5.41) is 14.9. The molecule has 0 fully saturated rings. The van der Waals surface area contributed by atoms with Gasteiger partial charge < -0.3 is 20.5 Å². The first kappa shape index (κ1) is 18.9. The number of methoxy groups -OCH3 is 1. The number of carbonyl (C=O) groups excluding carboxylic acids is 1. The molecule has 1 unspecified atom stereocenters. The van der Waals surface area contributed by atoms with Crippen LogP contribution in [0, 0.1) is 5.41 Å². The molecule has 1 atom stereocenters. The number of Topliss-reactive ketones (excluding diaryl/α,β-unsaturated/α-hetero) is 1. The molecule has 0 radical (unpaired) electrons. The number of hydrogen-bond donors (Lipinski definition) is 3. The number of nitrogens with one attached hydrogen (secondary N) is 2. The first-order chi connectivity index (χ1) is 10.6. The Morgan fingerprint density at radius 2 is 1.91 bits per heavy atom. The number of carbonyl (C=O) groups is 2. The van der Waals surface area contributed by atoms with Crippen LogP contribution in [-0.2, 0) is 9.59 Å². The van der Waals surface area contributed by atoms with Crippen molar-refractivity contribution in [1.29, 1.82) is 0 Å². The molecule has 0 spiro atoms.